The maximum atomic E-state index is 12.8. The lowest BCUT2D eigenvalue weighted by atomic mass is 10.0. The summed E-state index contributed by atoms with van der Waals surface area (Å²) in [6, 6.07) is -0.401. The van der Waals surface area contributed by atoms with E-state index in [1.54, 1.807) is 22.7 Å². The number of halogens is 3. The Labute approximate surface area is 185 Å². The van der Waals surface area contributed by atoms with Gasteiger partial charge < -0.3 is 19.6 Å². The number of rotatable bonds is 6. The van der Waals surface area contributed by atoms with Crippen LogP contribution < -0.4 is 0 Å². The lowest BCUT2D eigenvalue weighted by Crippen LogP contribution is -2.48. The van der Waals surface area contributed by atoms with Crippen molar-refractivity contribution in [2.75, 3.05) is 26.7 Å². The highest BCUT2D eigenvalue weighted by Gasteiger charge is 2.31. The van der Waals surface area contributed by atoms with E-state index < -0.39 is 37.1 Å². The monoisotopic (exact) mass is 463 g/mol. The maximum absolute atomic E-state index is 12.8. The summed E-state index contributed by atoms with van der Waals surface area (Å²) in [6.45, 7) is 4.38. The molecule has 9 nitrogen and oxygen atoms in total. The van der Waals surface area contributed by atoms with Gasteiger partial charge in [-0.2, -0.15) is 13.2 Å². The number of aliphatic hydroxyl groups is 1. The Kier molecular flexibility index (Phi) is 9.44. The molecule has 2 heterocycles. The van der Waals surface area contributed by atoms with Gasteiger partial charge in [0.1, 0.15) is 0 Å². The third-order valence-corrected chi connectivity index (χ3v) is 5.64. The van der Waals surface area contributed by atoms with E-state index >= 15 is 0 Å². The number of carbonyl (C=O) groups is 2. The Morgan fingerprint density at radius 2 is 2.16 bits per heavy atom. The highest BCUT2D eigenvalue weighted by Crippen LogP contribution is 2.22. The van der Waals surface area contributed by atoms with Crippen molar-refractivity contribution in [2.45, 2.75) is 71.0 Å². The van der Waals surface area contributed by atoms with Crippen molar-refractivity contribution in [2.24, 2.45) is 5.92 Å². The summed E-state index contributed by atoms with van der Waals surface area (Å²) >= 11 is 0. The fourth-order valence-electron chi connectivity index (χ4n) is 3.56. The van der Waals surface area contributed by atoms with E-state index in [2.05, 4.69) is 10.3 Å². The van der Waals surface area contributed by atoms with Crippen LogP contribution in [0, 0.1) is 5.92 Å². The normalized spacial score (nSPS) is 22.0. The Morgan fingerprint density at radius 1 is 1.44 bits per heavy atom. The summed E-state index contributed by atoms with van der Waals surface area (Å²) in [4.78, 5) is 27.8. The van der Waals surface area contributed by atoms with Crippen LogP contribution >= 0.6 is 0 Å². The van der Waals surface area contributed by atoms with E-state index in [1.807, 2.05) is 6.92 Å². The molecular weight excluding hydrogens is 431 g/mol. The predicted molar refractivity (Wildman–Crippen MR) is 108 cm³/mol. The van der Waals surface area contributed by atoms with Crippen molar-refractivity contribution in [3.05, 3.63) is 11.9 Å². The van der Waals surface area contributed by atoms with E-state index in [9.17, 15) is 27.9 Å². The summed E-state index contributed by atoms with van der Waals surface area (Å²) in [6.07, 6.45) is -4.38. The summed E-state index contributed by atoms with van der Waals surface area (Å²) < 4.78 is 45.2. The Hall–Kier alpha value is -2.21. The highest BCUT2D eigenvalue weighted by atomic mass is 19.4. The van der Waals surface area contributed by atoms with Crippen LogP contribution in [0.15, 0.2) is 6.20 Å². The number of hydrogen-bond acceptors (Lipinski definition) is 6. The molecule has 0 saturated heterocycles. The molecule has 1 aromatic heterocycles. The first-order valence-electron chi connectivity index (χ1n) is 10.7. The summed E-state index contributed by atoms with van der Waals surface area (Å²) in [5.74, 6) is -1.00. The van der Waals surface area contributed by atoms with Gasteiger partial charge in [-0.05, 0) is 13.3 Å². The molecule has 0 unspecified atom stereocenters. The largest absolute Gasteiger partial charge is 0.394 e. The quantitative estimate of drug-likeness (QED) is 0.688. The smallest absolute Gasteiger partial charge is 0.389 e. The SMILES string of the molecule is C[C@H]1CN([C@@H](C)CO)C(=O)CCCn2nncc2CO[C@@H]1CN(C)C(=O)CCC(F)(F)F. The molecule has 1 aliphatic rings. The zero-order chi connectivity index (χ0) is 23.9. The fraction of sp³-hybridized carbons (Fsp3) is 0.800. The van der Waals surface area contributed by atoms with E-state index in [-0.39, 0.29) is 44.5 Å². The number of ether oxygens (including phenoxy) is 1. The second-order valence-electron chi connectivity index (χ2n) is 8.35. The van der Waals surface area contributed by atoms with Gasteiger partial charge in [-0.25, -0.2) is 4.68 Å². The summed E-state index contributed by atoms with van der Waals surface area (Å²) in [5, 5.41) is 17.5. The number of fused-ring (bicyclic) bond motifs is 1. The van der Waals surface area contributed by atoms with Crippen molar-refractivity contribution < 1.29 is 32.6 Å². The minimum Gasteiger partial charge on any atom is -0.394 e. The van der Waals surface area contributed by atoms with E-state index in [0.717, 1.165) is 0 Å². The van der Waals surface area contributed by atoms with Gasteiger partial charge in [0.25, 0.3) is 0 Å². The predicted octanol–water partition coefficient (Wildman–Crippen LogP) is 1.60. The average Bonchev–Trinajstić information content (AvgIpc) is 3.17. The zero-order valence-electron chi connectivity index (χ0n) is 18.7. The molecular formula is C20H32F3N5O4. The fourth-order valence-corrected chi connectivity index (χ4v) is 3.56. The maximum Gasteiger partial charge on any atom is 0.389 e. The molecule has 0 radical (unpaired) electrons. The average molecular weight is 464 g/mol. The second-order valence-corrected chi connectivity index (χ2v) is 8.35. The standard InChI is InChI=1S/C20H32F3N5O4/c1-14-10-27(15(2)12-29)19(31)5-4-8-28-16(9-24-25-28)13-32-17(14)11-26(3)18(30)6-7-20(21,22)23/h9,14-15,17,29H,4-8,10-13H2,1-3H3/t14-,15-,17+/m0/s1. The van der Waals surface area contributed by atoms with E-state index in [4.69, 9.17) is 4.74 Å². The molecule has 2 rings (SSSR count). The van der Waals surface area contributed by atoms with Gasteiger partial charge in [-0.15, -0.1) is 5.10 Å². The van der Waals surface area contributed by atoms with Crippen molar-refractivity contribution in [1.29, 1.82) is 0 Å². The molecule has 3 atom stereocenters. The van der Waals surface area contributed by atoms with Crippen molar-refractivity contribution in [3.8, 4) is 0 Å². The van der Waals surface area contributed by atoms with Crippen LogP contribution in [0.25, 0.3) is 0 Å². The van der Waals surface area contributed by atoms with Crippen LogP contribution in [-0.2, 0) is 27.5 Å². The lowest BCUT2D eigenvalue weighted by molar-refractivity contribution is -0.150. The Balaban J connectivity index is 2.18. The molecule has 1 N–H and O–H groups in total. The van der Waals surface area contributed by atoms with Crippen LogP contribution in [-0.4, -0.2) is 86.8 Å². The van der Waals surface area contributed by atoms with Gasteiger partial charge in [-0.1, -0.05) is 12.1 Å². The molecule has 0 spiro atoms. The third-order valence-electron chi connectivity index (χ3n) is 5.64. The van der Waals surface area contributed by atoms with Gasteiger partial charge in [0.15, 0.2) is 0 Å². The molecule has 12 heteroatoms. The Morgan fingerprint density at radius 3 is 2.81 bits per heavy atom. The number of aryl methyl sites for hydroxylation is 1. The third kappa shape index (κ3) is 7.73. The van der Waals surface area contributed by atoms with Crippen LogP contribution in [0.2, 0.25) is 0 Å². The van der Waals surface area contributed by atoms with E-state index in [1.165, 1.54) is 11.9 Å². The van der Waals surface area contributed by atoms with Crippen LogP contribution in [0.3, 0.4) is 0 Å². The molecule has 0 bridgehead atoms. The Bertz CT molecular complexity index is 758. The van der Waals surface area contributed by atoms with Crippen LogP contribution in [0.1, 0.15) is 45.2 Å². The zero-order valence-corrected chi connectivity index (χ0v) is 18.7. The molecule has 0 aliphatic carbocycles. The van der Waals surface area contributed by atoms with Crippen molar-refractivity contribution in [1.82, 2.24) is 24.8 Å². The van der Waals surface area contributed by atoms with Gasteiger partial charge in [-0.3, -0.25) is 9.59 Å². The minimum absolute atomic E-state index is 0.0644. The number of hydrogen-bond donors (Lipinski definition) is 1. The van der Waals surface area contributed by atoms with Crippen molar-refractivity contribution in [3.63, 3.8) is 0 Å². The number of carbonyl (C=O) groups excluding carboxylic acids is 2. The molecule has 1 aliphatic heterocycles. The number of amides is 2. The molecule has 0 aromatic carbocycles. The van der Waals surface area contributed by atoms with Crippen LogP contribution in [0.5, 0.6) is 0 Å². The molecule has 1 aromatic rings. The van der Waals surface area contributed by atoms with Gasteiger partial charge in [0, 0.05) is 45.4 Å². The number of aromatic nitrogens is 3. The molecule has 2 amide bonds. The molecule has 182 valence electrons. The second kappa shape index (κ2) is 11.6. The first-order chi connectivity index (χ1) is 15.0. The van der Waals surface area contributed by atoms with Crippen molar-refractivity contribution >= 4 is 11.8 Å². The van der Waals surface area contributed by atoms with Gasteiger partial charge in [0.05, 0.1) is 43.7 Å². The minimum atomic E-state index is -4.40. The van der Waals surface area contributed by atoms with Gasteiger partial charge >= 0.3 is 6.18 Å². The van der Waals surface area contributed by atoms with E-state index in [0.29, 0.717) is 18.7 Å². The van der Waals surface area contributed by atoms with Gasteiger partial charge in [0.2, 0.25) is 11.8 Å². The highest BCUT2D eigenvalue weighted by molar-refractivity contribution is 5.76. The number of likely N-dealkylation sites (N-methyl/N-ethyl adjacent to an activating group) is 1. The first-order valence-corrected chi connectivity index (χ1v) is 10.7. The number of nitrogens with zero attached hydrogens (tertiary/aromatic N) is 5. The molecule has 0 saturated carbocycles. The topological polar surface area (TPSA) is 101 Å². The number of aliphatic hydroxyl groups excluding tert-OH is 1. The summed E-state index contributed by atoms with van der Waals surface area (Å²) in [7, 11) is 1.44. The molecule has 32 heavy (non-hydrogen) atoms. The first kappa shape index (κ1) is 26.0. The molecule has 0 fully saturated rings. The summed E-state index contributed by atoms with van der Waals surface area (Å²) in [5.41, 5.74) is 0.710. The van der Waals surface area contributed by atoms with Crippen LogP contribution in [0.4, 0.5) is 13.2 Å². The lowest BCUT2D eigenvalue weighted by Gasteiger charge is -2.35. The number of alkyl halides is 3.